The smallest absolute Gasteiger partial charge is 0.231 e. The average molecular weight is 232 g/mol. The largest absolute Gasteiger partial charge is 0.309 e. The van der Waals surface area contributed by atoms with Gasteiger partial charge in [-0.15, -0.1) is 4.40 Å². The monoisotopic (exact) mass is 232 g/mol. The minimum Gasteiger partial charge on any atom is -0.231 e. The van der Waals surface area contributed by atoms with Crippen LogP contribution in [-0.4, -0.2) is 10.0 Å². The molecule has 0 saturated carbocycles. The number of benzene rings is 2. The average Bonchev–Trinajstić information content (AvgIpc) is 2.75. The number of nitrogens with zero attached hydrogens (tertiary/aromatic N) is 1. The molecule has 80 valence electrons. The van der Waals surface area contributed by atoms with Gasteiger partial charge in [-0.1, -0.05) is 36.4 Å². The number of amidine groups is 1. The zero-order chi connectivity index (χ0) is 11.0. The van der Waals surface area contributed by atoms with Crippen LogP contribution >= 0.6 is 0 Å². The first-order valence-corrected chi connectivity index (χ1v) is 5.79. The number of fused-ring (bicyclic) bond motifs is 1. The van der Waals surface area contributed by atoms with Crippen molar-refractivity contribution in [2.45, 2.75) is 0 Å². The van der Waals surface area contributed by atoms with Gasteiger partial charge >= 0.3 is 11.3 Å². The zero-order valence-corrected chi connectivity index (χ0v) is 9.03. The molecule has 0 spiro atoms. The summed E-state index contributed by atoms with van der Waals surface area (Å²) in [7, 11) is 0. The van der Waals surface area contributed by atoms with Crippen LogP contribution in [0.5, 0.6) is 0 Å². The molecular weight excluding hydrogens is 224 g/mol. The van der Waals surface area contributed by atoms with E-state index in [2.05, 4.69) is 14.2 Å². The molecule has 1 unspecified atom stereocenters. The van der Waals surface area contributed by atoms with Crippen LogP contribution in [0.25, 0.3) is 10.8 Å². The molecule has 16 heavy (non-hydrogen) atoms. The molecule has 4 nitrogen and oxygen atoms in total. The Morgan fingerprint density at radius 2 is 1.94 bits per heavy atom. The Balaban J connectivity index is 2.12. The molecule has 0 aromatic heterocycles. The summed E-state index contributed by atoms with van der Waals surface area (Å²) in [5.41, 5.74) is 3.40. The van der Waals surface area contributed by atoms with Gasteiger partial charge in [0.2, 0.25) is 0 Å². The molecule has 0 aliphatic carbocycles. The third-order valence-electron chi connectivity index (χ3n) is 2.40. The number of rotatable bonds is 1. The maximum Gasteiger partial charge on any atom is 0.309 e. The number of hydroxylamine groups is 1. The first kappa shape index (κ1) is 9.50. The summed E-state index contributed by atoms with van der Waals surface area (Å²) >= 11 is -1.61. The maximum absolute atomic E-state index is 10.9. The van der Waals surface area contributed by atoms with Crippen molar-refractivity contribution in [3.63, 3.8) is 0 Å². The van der Waals surface area contributed by atoms with Crippen molar-refractivity contribution in [2.75, 3.05) is 0 Å². The van der Waals surface area contributed by atoms with Crippen LogP contribution in [0.4, 0.5) is 0 Å². The number of hydrogen-bond donors (Lipinski definition) is 1. The second kappa shape index (κ2) is 3.70. The van der Waals surface area contributed by atoms with Crippen LogP contribution in [0.15, 0.2) is 46.9 Å². The fraction of sp³-hybridized carbons (Fsp3) is 0. The molecule has 0 bridgehead atoms. The molecule has 0 radical (unpaired) electrons. The van der Waals surface area contributed by atoms with Gasteiger partial charge in [0.15, 0.2) is 5.84 Å². The lowest BCUT2D eigenvalue weighted by atomic mass is 10.1. The van der Waals surface area contributed by atoms with Crippen molar-refractivity contribution in [3.05, 3.63) is 48.0 Å². The van der Waals surface area contributed by atoms with Crippen molar-refractivity contribution < 1.29 is 8.49 Å². The number of nitrogens with one attached hydrogen (secondary N) is 1. The topological polar surface area (TPSA) is 50.7 Å². The Morgan fingerprint density at radius 3 is 2.69 bits per heavy atom. The highest BCUT2D eigenvalue weighted by Crippen LogP contribution is 2.17. The Labute approximate surface area is 94.7 Å². The molecule has 0 saturated heterocycles. The molecule has 1 N–H and O–H groups in total. The maximum atomic E-state index is 10.9. The predicted molar refractivity (Wildman–Crippen MR) is 62.8 cm³/mol. The Morgan fingerprint density at radius 1 is 1.12 bits per heavy atom. The minimum absolute atomic E-state index is 0.504. The molecule has 1 heterocycles. The summed E-state index contributed by atoms with van der Waals surface area (Å²) in [6.45, 7) is 0. The summed E-state index contributed by atoms with van der Waals surface area (Å²) in [6, 6.07) is 13.9. The summed E-state index contributed by atoms with van der Waals surface area (Å²) in [5, 5.41) is 2.27. The number of hydrogen-bond acceptors (Lipinski definition) is 3. The van der Waals surface area contributed by atoms with Gasteiger partial charge in [-0.25, -0.2) is 9.69 Å². The predicted octanol–water partition coefficient (Wildman–Crippen LogP) is 1.70. The molecule has 1 aliphatic rings. The van der Waals surface area contributed by atoms with Crippen molar-refractivity contribution in [2.24, 2.45) is 4.40 Å². The fourth-order valence-electron chi connectivity index (χ4n) is 1.64. The molecular formula is C11H8N2O2S. The fourth-order valence-corrected chi connectivity index (χ4v) is 2.11. The van der Waals surface area contributed by atoms with Crippen molar-refractivity contribution in [1.82, 2.24) is 5.48 Å². The van der Waals surface area contributed by atoms with E-state index in [4.69, 9.17) is 0 Å². The van der Waals surface area contributed by atoms with Crippen LogP contribution in [-0.2, 0) is 15.6 Å². The van der Waals surface area contributed by atoms with E-state index in [1.165, 1.54) is 0 Å². The van der Waals surface area contributed by atoms with Crippen LogP contribution in [0, 0.1) is 0 Å². The molecule has 1 atom stereocenters. The molecule has 3 rings (SSSR count). The highest BCUT2D eigenvalue weighted by Gasteiger charge is 2.14. The van der Waals surface area contributed by atoms with Gasteiger partial charge in [-0.3, -0.25) is 0 Å². The van der Waals surface area contributed by atoms with E-state index in [1.54, 1.807) is 0 Å². The summed E-state index contributed by atoms with van der Waals surface area (Å²) < 4.78 is 19.4. The molecule has 2 aromatic rings. The van der Waals surface area contributed by atoms with E-state index in [-0.39, 0.29) is 0 Å². The third-order valence-corrected chi connectivity index (χ3v) is 2.96. The lowest BCUT2D eigenvalue weighted by molar-refractivity contribution is 0.306. The van der Waals surface area contributed by atoms with E-state index >= 15 is 0 Å². The van der Waals surface area contributed by atoms with E-state index in [9.17, 15) is 4.21 Å². The highest BCUT2D eigenvalue weighted by atomic mass is 32.2. The lowest BCUT2D eigenvalue weighted by Gasteiger charge is -2.02. The Kier molecular flexibility index (Phi) is 2.19. The SMILES string of the molecule is O=S1N=C(c2ccc3ccccc3c2)NO1. The van der Waals surface area contributed by atoms with Gasteiger partial charge in [-0.2, -0.15) is 4.28 Å². The first-order chi connectivity index (χ1) is 7.83. The molecule has 1 aliphatic heterocycles. The van der Waals surface area contributed by atoms with E-state index < -0.39 is 11.3 Å². The second-order valence-corrected chi connectivity index (χ2v) is 4.19. The van der Waals surface area contributed by atoms with Crippen molar-refractivity contribution in [1.29, 1.82) is 0 Å². The van der Waals surface area contributed by atoms with Gasteiger partial charge in [0.1, 0.15) is 0 Å². The lowest BCUT2D eigenvalue weighted by Crippen LogP contribution is -2.17. The first-order valence-electron chi connectivity index (χ1n) is 4.76. The van der Waals surface area contributed by atoms with Crippen LogP contribution in [0.1, 0.15) is 5.56 Å². The summed E-state index contributed by atoms with van der Waals surface area (Å²) in [4.78, 5) is 0. The normalized spacial score (nSPS) is 19.5. The van der Waals surface area contributed by atoms with Crippen molar-refractivity contribution in [3.8, 4) is 0 Å². The van der Waals surface area contributed by atoms with Gasteiger partial charge in [0.05, 0.1) is 0 Å². The van der Waals surface area contributed by atoms with E-state index in [1.807, 2.05) is 42.5 Å². The zero-order valence-electron chi connectivity index (χ0n) is 8.21. The van der Waals surface area contributed by atoms with Crippen LogP contribution in [0.2, 0.25) is 0 Å². The van der Waals surface area contributed by atoms with Gasteiger partial charge in [0, 0.05) is 5.56 Å². The quantitative estimate of drug-likeness (QED) is 0.814. The molecule has 2 aromatic carbocycles. The van der Waals surface area contributed by atoms with E-state index in [0.29, 0.717) is 5.84 Å². The molecule has 5 heteroatoms. The second-order valence-electron chi connectivity index (χ2n) is 3.40. The Bertz CT molecular complexity index is 610. The van der Waals surface area contributed by atoms with Gasteiger partial charge < -0.3 is 0 Å². The van der Waals surface area contributed by atoms with Crippen molar-refractivity contribution >= 4 is 27.9 Å². The summed E-state index contributed by atoms with van der Waals surface area (Å²) in [5.74, 6) is 0.504. The molecule has 0 fully saturated rings. The third kappa shape index (κ3) is 1.60. The van der Waals surface area contributed by atoms with Gasteiger partial charge in [-0.05, 0) is 16.8 Å². The van der Waals surface area contributed by atoms with E-state index in [0.717, 1.165) is 16.3 Å². The molecule has 0 amide bonds. The van der Waals surface area contributed by atoms with Crippen LogP contribution in [0.3, 0.4) is 0 Å². The van der Waals surface area contributed by atoms with Crippen LogP contribution < -0.4 is 5.48 Å². The Hall–Kier alpha value is -1.72. The summed E-state index contributed by atoms with van der Waals surface area (Å²) in [6.07, 6.45) is 0. The van der Waals surface area contributed by atoms with Gasteiger partial charge in [0.25, 0.3) is 0 Å². The highest BCUT2D eigenvalue weighted by molar-refractivity contribution is 7.79. The standard InChI is InChI=1S/C11H8N2O2S/c14-16-13-11(12-15-16)10-6-5-8-3-1-2-4-9(8)7-10/h1-7H,(H,12,13). The minimum atomic E-state index is -1.61.